The van der Waals surface area contributed by atoms with Gasteiger partial charge in [-0.25, -0.2) is 9.97 Å². The summed E-state index contributed by atoms with van der Waals surface area (Å²) in [5.74, 6) is 2.01. The van der Waals surface area contributed by atoms with E-state index >= 15 is 0 Å². The number of anilines is 6. The van der Waals surface area contributed by atoms with Gasteiger partial charge in [0.25, 0.3) is 0 Å². The third-order valence-corrected chi connectivity index (χ3v) is 19.5. The van der Waals surface area contributed by atoms with Crippen LogP contribution in [0.3, 0.4) is 0 Å². The Balaban J connectivity index is 0.000000171. The predicted octanol–water partition coefficient (Wildman–Crippen LogP) is 11.8. The highest BCUT2D eigenvalue weighted by atomic mass is 32.1. The van der Waals surface area contributed by atoms with Gasteiger partial charge in [0, 0.05) is 92.8 Å². The minimum absolute atomic E-state index is 0.104. The number of thiophene rings is 2. The molecule has 4 aromatic carbocycles. The zero-order valence-electron chi connectivity index (χ0n) is 38.6. The number of aliphatic hydroxyl groups is 1. The molecule has 6 heterocycles. The number of nitrogens with zero attached hydrogens (tertiary/aromatic N) is 8. The van der Waals surface area contributed by atoms with Crippen LogP contribution < -0.4 is 21.3 Å². The highest BCUT2D eigenvalue weighted by Gasteiger charge is 2.37. The highest BCUT2D eigenvalue weighted by molar-refractivity contribution is 7.22. The van der Waals surface area contributed by atoms with E-state index in [1.54, 1.807) is 23.7 Å². The van der Waals surface area contributed by atoms with Crippen LogP contribution in [0.1, 0.15) is 55.9 Å². The Morgan fingerprint density at radius 2 is 1.13 bits per heavy atom. The van der Waals surface area contributed by atoms with Gasteiger partial charge in [0.05, 0.1) is 13.1 Å². The molecule has 2 aliphatic rings. The van der Waals surface area contributed by atoms with Gasteiger partial charge in [0.1, 0.15) is 11.6 Å². The summed E-state index contributed by atoms with van der Waals surface area (Å²) in [6.07, 6.45) is 8.80. The Bertz CT molecular complexity index is 3060. The van der Waals surface area contributed by atoms with E-state index in [1.165, 1.54) is 52.2 Å². The quantitative estimate of drug-likeness (QED) is 0.0706. The van der Waals surface area contributed by atoms with E-state index in [4.69, 9.17) is 15.9 Å². The molecular weight excluding hydrogens is 889 g/mol. The molecule has 0 saturated carbocycles. The molecule has 4 aromatic heterocycles. The molecule has 0 unspecified atom stereocenters. The second-order valence-electron chi connectivity index (χ2n) is 18.2. The van der Waals surface area contributed by atoms with Crippen LogP contribution in [0.4, 0.5) is 34.9 Å². The molecular formula is C52H56N10O2S2Si. The van der Waals surface area contributed by atoms with Crippen molar-refractivity contribution in [1.82, 2.24) is 19.9 Å². The van der Waals surface area contributed by atoms with E-state index in [2.05, 4.69) is 159 Å². The molecule has 0 fully saturated rings. The van der Waals surface area contributed by atoms with Gasteiger partial charge in [-0.3, -0.25) is 9.98 Å². The van der Waals surface area contributed by atoms with Gasteiger partial charge < -0.3 is 30.8 Å². The summed E-state index contributed by atoms with van der Waals surface area (Å²) >= 11 is 3.62. The van der Waals surface area contributed by atoms with Crippen molar-refractivity contribution in [3.8, 4) is 20.9 Å². The topological polar surface area (TPSA) is 164 Å². The first kappa shape index (κ1) is 45.8. The molecule has 8 aromatic rings. The SMILES string of the molecule is CC(C)(C)[Si](C)(C)OCCCN(c1cc2c(c(-c3cc4ccccc4s3)c1)CN=C2)c1ccnc(N)n1.Nc1nccc(N(CCCO)c2cc3c(c(-c4cc5ccccc5s4)c2)CN=C3)n1. The molecule has 342 valence electrons. The van der Waals surface area contributed by atoms with Crippen molar-refractivity contribution in [2.24, 2.45) is 9.98 Å². The molecule has 67 heavy (non-hydrogen) atoms. The van der Waals surface area contributed by atoms with Gasteiger partial charge in [-0.05, 0) is 125 Å². The summed E-state index contributed by atoms with van der Waals surface area (Å²) in [7, 11) is -1.81. The minimum atomic E-state index is -1.81. The van der Waals surface area contributed by atoms with E-state index in [1.807, 2.05) is 35.9 Å². The first-order valence-corrected chi connectivity index (χ1v) is 27.2. The van der Waals surface area contributed by atoms with E-state index in [0.29, 0.717) is 38.5 Å². The maximum atomic E-state index is 9.43. The number of benzene rings is 4. The van der Waals surface area contributed by atoms with Crippen molar-refractivity contribution in [2.45, 2.75) is 64.8 Å². The number of hydrogen-bond donors (Lipinski definition) is 3. The van der Waals surface area contributed by atoms with Crippen LogP contribution in [-0.2, 0) is 17.5 Å². The number of rotatable bonds is 14. The number of fused-ring (bicyclic) bond motifs is 4. The van der Waals surface area contributed by atoms with E-state index in [0.717, 1.165) is 41.3 Å². The van der Waals surface area contributed by atoms with Crippen molar-refractivity contribution in [3.05, 3.63) is 132 Å². The Morgan fingerprint density at radius 3 is 1.58 bits per heavy atom. The molecule has 0 atom stereocenters. The van der Waals surface area contributed by atoms with Crippen molar-refractivity contribution < 1.29 is 9.53 Å². The summed E-state index contributed by atoms with van der Waals surface area (Å²) in [5, 5.41) is 12.1. The van der Waals surface area contributed by atoms with Gasteiger partial charge in [-0.15, -0.1) is 22.7 Å². The van der Waals surface area contributed by atoms with Crippen molar-refractivity contribution in [1.29, 1.82) is 0 Å². The summed E-state index contributed by atoms with van der Waals surface area (Å²) in [4.78, 5) is 33.0. The van der Waals surface area contributed by atoms with E-state index in [-0.39, 0.29) is 23.5 Å². The lowest BCUT2D eigenvalue weighted by Gasteiger charge is -2.36. The van der Waals surface area contributed by atoms with E-state index < -0.39 is 8.32 Å². The lowest BCUT2D eigenvalue weighted by atomic mass is 9.99. The fourth-order valence-corrected chi connectivity index (χ4v) is 11.5. The fourth-order valence-electron chi connectivity index (χ4n) is 8.17. The molecule has 0 aliphatic carbocycles. The molecule has 12 nitrogen and oxygen atoms in total. The molecule has 2 aliphatic heterocycles. The van der Waals surface area contributed by atoms with Gasteiger partial charge in [0.2, 0.25) is 11.9 Å². The van der Waals surface area contributed by atoms with E-state index in [9.17, 15) is 5.11 Å². The monoisotopic (exact) mass is 944 g/mol. The number of nitrogen functional groups attached to an aromatic ring is 2. The lowest BCUT2D eigenvalue weighted by Crippen LogP contribution is -2.41. The lowest BCUT2D eigenvalue weighted by molar-refractivity contribution is 0.284. The molecule has 5 N–H and O–H groups in total. The first-order valence-electron chi connectivity index (χ1n) is 22.6. The summed E-state index contributed by atoms with van der Waals surface area (Å²) in [5.41, 5.74) is 21.1. The fraction of sp³-hybridized carbons (Fsp3) is 0.269. The van der Waals surface area contributed by atoms with Crippen LogP contribution in [0.15, 0.2) is 119 Å². The van der Waals surface area contributed by atoms with Crippen LogP contribution in [0.2, 0.25) is 18.1 Å². The summed E-state index contributed by atoms with van der Waals surface area (Å²) < 4.78 is 9.04. The number of hydrogen-bond acceptors (Lipinski definition) is 14. The van der Waals surface area contributed by atoms with Gasteiger partial charge >= 0.3 is 0 Å². The Hall–Kier alpha value is -6.36. The molecule has 0 bridgehead atoms. The number of nitrogens with two attached hydrogens (primary N) is 2. The second kappa shape index (κ2) is 19.5. The van der Waals surface area contributed by atoms with Crippen LogP contribution in [0, 0.1) is 0 Å². The number of aliphatic imine (C=N–C) groups is 2. The maximum absolute atomic E-state index is 9.43. The van der Waals surface area contributed by atoms with Crippen LogP contribution in [-0.4, -0.2) is 72.1 Å². The van der Waals surface area contributed by atoms with Gasteiger partial charge in [-0.2, -0.15) is 9.97 Å². The van der Waals surface area contributed by atoms with Crippen LogP contribution >= 0.6 is 22.7 Å². The zero-order valence-corrected chi connectivity index (χ0v) is 41.2. The minimum Gasteiger partial charge on any atom is -0.417 e. The number of aromatic nitrogens is 4. The first-order chi connectivity index (χ1) is 32.3. The molecule has 0 saturated heterocycles. The highest BCUT2D eigenvalue weighted by Crippen LogP contribution is 2.43. The average molecular weight is 945 g/mol. The average Bonchev–Trinajstić information content (AvgIpc) is 4.15. The Morgan fingerprint density at radius 1 is 0.657 bits per heavy atom. The Kier molecular flexibility index (Phi) is 13.3. The van der Waals surface area contributed by atoms with Crippen LogP contribution in [0.5, 0.6) is 0 Å². The molecule has 0 amide bonds. The molecule has 0 spiro atoms. The van der Waals surface area contributed by atoms with Crippen LogP contribution in [0.25, 0.3) is 41.1 Å². The smallest absolute Gasteiger partial charge is 0.221 e. The molecule has 10 rings (SSSR count). The predicted molar refractivity (Wildman–Crippen MR) is 283 cm³/mol. The van der Waals surface area contributed by atoms with Gasteiger partial charge in [0.15, 0.2) is 8.32 Å². The zero-order chi connectivity index (χ0) is 46.7. The van der Waals surface area contributed by atoms with Crippen molar-refractivity contribution in [2.75, 3.05) is 47.6 Å². The molecule has 15 heteroatoms. The third-order valence-electron chi connectivity index (χ3n) is 12.7. The largest absolute Gasteiger partial charge is 0.417 e. The maximum Gasteiger partial charge on any atom is 0.221 e. The standard InChI is InChI=1S/C29H35N5OSSi.C23H21N5OS/c1-29(2,3)37(4,5)35-14-8-13-34(27-11-12-32-28(30)33-27)22-15-21-18-31-19-24(21)23(17-22)26-16-20-9-6-7-10-25(20)36-26;24-23-26-7-6-22(27-23)28(8-3-9-29)17-10-16-13-25-14-19(16)18(12-17)21-11-15-4-1-2-5-20(15)30-21/h6-7,9-12,15-18H,8,13-14,19H2,1-5H3,(H2,30,32,33);1-2,4-7,10-13,29H,3,8-9,14H2,(H2,24,26,27). The molecule has 0 radical (unpaired) electrons. The summed E-state index contributed by atoms with van der Waals surface area (Å²) in [6, 6.07) is 34.1. The van der Waals surface area contributed by atoms with Crippen molar-refractivity contribution in [3.63, 3.8) is 0 Å². The third kappa shape index (κ3) is 10.0. The Labute approximate surface area is 400 Å². The normalized spacial score (nSPS) is 12.9. The van der Waals surface area contributed by atoms with Crippen molar-refractivity contribution >= 4 is 98.5 Å². The second-order valence-corrected chi connectivity index (χ2v) is 25.2. The summed E-state index contributed by atoms with van der Waals surface area (Å²) in [6.45, 7) is 15.0. The van der Waals surface area contributed by atoms with Gasteiger partial charge in [-0.1, -0.05) is 57.2 Å². The number of aliphatic hydroxyl groups excluding tert-OH is 1.